The summed E-state index contributed by atoms with van der Waals surface area (Å²) < 4.78 is 71.1. The van der Waals surface area contributed by atoms with E-state index in [1.54, 1.807) is 30.3 Å². The van der Waals surface area contributed by atoms with Crippen molar-refractivity contribution in [1.29, 1.82) is 0 Å². The van der Waals surface area contributed by atoms with Crippen LogP contribution in [0.3, 0.4) is 0 Å². The van der Waals surface area contributed by atoms with Crippen molar-refractivity contribution in [3.05, 3.63) is 60.3 Å². The van der Waals surface area contributed by atoms with Gasteiger partial charge in [-0.05, 0) is 30.3 Å². The summed E-state index contributed by atoms with van der Waals surface area (Å²) in [5, 5.41) is 0.684. The predicted octanol–water partition coefficient (Wildman–Crippen LogP) is 4.06. The fraction of sp³-hybridized carbons (Fsp3) is 0.118. The lowest BCUT2D eigenvalue weighted by Gasteiger charge is -2.14. The summed E-state index contributed by atoms with van der Waals surface area (Å²) in [6.45, 7) is 0. The van der Waals surface area contributed by atoms with Crippen molar-refractivity contribution in [2.45, 2.75) is 11.1 Å². The molecule has 3 aromatic rings. The number of benzene rings is 2. The highest BCUT2D eigenvalue weighted by Crippen LogP contribution is 2.35. The van der Waals surface area contributed by atoms with Gasteiger partial charge >= 0.3 is 6.18 Å². The van der Waals surface area contributed by atoms with E-state index in [-0.39, 0.29) is 11.4 Å². The highest BCUT2D eigenvalue weighted by molar-refractivity contribution is 7.92. The van der Waals surface area contributed by atoms with Gasteiger partial charge in [-0.2, -0.15) is 13.2 Å². The predicted molar refractivity (Wildman–Crippen MR) is 90.5 cm³/mol. The molecule has 0 atom stereocenters. The van der Waals surface area contributed by atoms with E-state index >= 15 is 0 Å². The van der Waals surface area contributed by atoms with E-state index in [2.05, 4.69) is 9.71 Å². The van der Waals surface area contributed by atoms with Gasteiger partial charge in [-0.1, -0.05) is 18.2 Å². The summed E-state index contributed by atoms with van der Waals surface area (Å²) in [6.07, 6.45) is -3.39. The van der Waals surface area contributed by atoms with Crippen LogP contribution in [0.1, 0.15) is 5.56 Å². The Morgan fingerprint density at radius 3 is 2.50 bits per heavy atom. The minimum absolute atomic E-state index is 0.128. The van der Waals surface area contributed by atoms with Gasteiger partial charge in [-0.15, -0.1) is 0 Å². The van der Waals surface area contributed by atoms with Gasteiger partial charge < -0.3 is 4.74 Å². The average Bonchev–Trinajstić information content (AvgIpc) is 2.60. The van der Waals surface area contributed by atoms with Gasteiger partial charge in [0.2, 0.25) is 0 Å². The lowest BCUT2D eigenvalue weighted by molar-refractivity contribution is -0.137. The number of methoxy groups -OCH3 is 1. The molecular formula is C17H13F3N2O3S. The molecule has 9 heteroatoms. The second-order valence-corrected chi connectivity index (χ2v) is 7.04. The van der Waals surface area contributed by atoms with Crippen molar-refractivity contribution in [2.24, 2.45) is 0 Å². The van der Waals surface area contributed by atoms with E-state index in [4.69, 9.17) is 4.74 Å². The number of ether oxygens (including phenoxy) is 1. The van der Waals surface area contributed by atoms with Gasteiger partial charge in [0.1, 0.15) is 10.6 Å². The second-order valence-electron chi connectivity index (χ2n) is 5.39. The molecule has 5 nitrogen and oxygen atoms in total. The number of alkyl halides is 3. The molecule has 1 heterocycles. The summed E-state index contributed by atoms with van der Waals surface area (Å²) in [6, 6.07) is 10.8. The molecule has 0 amide bonds. The van der Waals surface area contributed by atoms with Gasteiger partial charge in [0, 0.05) is 5.39 Å². The van der Waals surface area contributed by atoms with Crippen LogP contribution < -0.4 is 9.46 Å². The highest BCUT2D eigenvalue weighted by Gasteiger charge is 2.33. The molecule has 0 fully saturated rings. The molecule has 0 aliphatic rings. The van der Waals surface area contributed by atoms with Crippen molar-refractivity contribution >= 4 is 26.6 Å². The lowest BCUT2D eigenvalue weighted by atomic mass is 10.2. The number of rotatable bonds is 4. The fourth-order valence-corrected chi connectivity index (χ4v) is 3.63. The monoisotopic (exact) mass is 382 g/mol. The Hall–Kier alpha value is -2.81. The van der Waals surface area contributed by atoms with E-state index < -0.39 is 26.7 Å². The topological polar surface area (TPSA) is 68.3 Å². The molecule has 0 saturated carbocycles. The Bertz CT molecular complexity index is 1070. The molecule has 136 valence electrons. The normalized spacial score (nSPS) is 12.2. The molecule has 1 N–H and O–H groups in total. The fourth-order valence-electron chi connectivity index (χ4n) is 2.40. The second kappa shape index (κ2) is 6.49. The minimum Gasteiger partial charge on any atom is -0.495 e. The number of anilines is 1. The van der Waals surface area contributed by atoms with Crippen LogP contribution in [0.5, 0.6) is 5.75 Å². The number of fused-ring (bicyclic) bond motifs is 1. The van der Waals surface area contributed by atoms with E-state index in [1.165, 1.54) is 13.3 Å². The molecule has 3 rings (SSSR count). The third kappa shape index (κ3) is 3.57. The van der Waals surface area contributed by atoms with Crippen molar-refractivity contribution in [3.63, 3.8) is 0 Å². The standard InChI is InChI=1S/C17H13F3N2O3S/c1-25-15-7-6-12(17(18,19)20)9-16(15)26(23,24)22-13-8-11-4-2-3-5-14(11)21-10-13/h2-10,22H,1H3. The first-order valence-corrected chi connectivity index (χ1v) is 8.82. The van der Waals surface area contributed by atoms with Crippen LogP contribution in [0.25, 0.3) is 10.9 Å². The maximum Gasteiger partial charge on any atom is 0.416 e. The van der Waals surface area contributed by atoms with Crippen LogP contribution in [0.4, 0.5) is 18.9 Å². The Morgan fingerprint density at radius 1 is 1.08 bits per heavy atom. The van der Waals surface area contributed by atoms with Gasteiger partial charge in [0.15, 0.2) is 0 Å². The van der Waals surface area contributed by atoms with Crippen molar-refractivity contribution in [1.82, 2.24) is 4.98 Å². The minimum atomic E-state index is -4.68. The Balaban J connectivity index is 2.03. The van der Waals surface area contributed by atoms with Gasteiger partial charge in [0.25, 0.3) is 10.0 Å². The third-order valence-electron chi connectivity index (χ3n) is 3.62. The molecule has 0 radical (unpaired) electrons. The number of halogens is 3. The van der Waals surface area contributed by atoms with Crippen LogP contribution in [-0.4, -0.2) is 20.5 Å². The van der Waals surface area contributed by atoms with Crippen molar-refractivity contribution in [2.75, 3.05) is 11.8 Å². The van der Waals surface area contributed by atoms with Crippen LogP contribution in [0.15, 0.2) is 59.6 Å². The summed E-state index contributed by atoms with van der Waals surface area (Å²) in [7, 11) is -3.14. The smallest absolute Gasteiger partial charge is 0.416 e. The number of hydrogen-bond acceptors (Lipinski definition) is 4. The summed E-state index contributed by atoms with van der Waals surface area (Å²) in [5.41, 5.74) is -0.300. The van der Waals surface area contributed by atoms with Crippen LogP contribution in [-0.2, 0) is 16.2 Å². The van der Waals surface area contributed by atoms with Gasteiger partial charge in [-0.3, -0.25) is 9.71 Å². The number of para-hydroxylation sites is 1. The van der Waals surface area contributed by atoms with Crippen LogP contribution in [0.2, 0.25) is 0 Å². The SMILES string of the molecule is COc1ccc(C(F)(F)F)cc1S(=O)(=O)Nc1cnc2ccccc2c1. The zero-order valence-corrected chi connectivity index (χ0v) is 14.2. The summed E-state index contributed by atoms with van der Waals surface area (Å²) in [4.78, 5) is 3.51. The number of aromatic nitrogens is 1. The quantitative estimate of drug-likeness (QED) is 0.739. The average molecular weight is 382 g/mol. The van der Waals surface area contributed by atoms with E-state index in [0.29, 0.717) is 17.0 Å². The number of sulfonamides is 1. The number of nitrogens with one attached hydrogen (secondary N) is 1. The Morgan fingerprint density at radius 2 is 1.81 bits per heavy atom. The Kier molecular flexibility index (Phi) is 4.49. The van der Waals surface area contributed by atoms with Crippen LogP contribution in [0, 0.1) is 0 Å². The number of nitrogens with zero attached hydrogens (tertiary/aromatic N) is 1. The molecule has 1 aromatic heterocycles. The molecule has 0 saturated heterocycles. The maximum absolute atomic E-state index is 12.9. The first kappa shape index (κ1) is 18.0. The Labute approximate surface area is 147 Å². The van der Waals surface area contributed by atoms with Crippen molar-refractivity contribution in [3.8, 4) is 5.75 Å². The largest absolute Gasteiger partial charge is 0.495 e. The zero-order valence-electron chi connectivity index (χ0n) is 13.4. The molecule has 0 unspecified atom stereocenters. The van der Waals surface area contributed by atoms with E-state index in [1.807, 2.05) is 0 Å². The highest BCUT2D eigenvalue weighted by atomic mass is 32.2. The summed E-state index contributed by atoms with van der Waals surface area (Å²) >= 11 is 0. The van der Waals surface area contributed by atoms with Gasteiger partial charge in [-0.25, -0.2) is 8.42 Å². The molecule has 0 spiro atoms. The first-order chi connectivity index (χ1) is 12.2. The number of hydrogen-bond donors (Lipinski definition) is 1. The van der Waals surface area contributed by atoms with Crippen LogP contribution >= 0.6 is 0 Å². The lowest BCUT2D eigenvalue weighted by Crippen LogP contribution is -2.16. The number of pyridine rings is 1. The van der Waals surface area contributed by atoms with Crippen molar-refractivity contribution < 1.29 is 26.3 Å². The van der Waals surface area contributed by atoms with E-state index in [0.717, 1.165) is 12.1 Å². The molecule has 2 aromatic carbocycles. The molecular weight excluding hydrogens is 369 g/mol. The first-order valence-electron chi connectivity index (χ1n) is 7.33. The molecule has 0 aliphatic heterocycles. The third-order valence-corrected chi connectivity index (χ3v) is 5.03. The molecule has 0 bridgehead atoms. The van der Waals surface area contributed by atoms with Gasteiger partial charge in [0.05, 0.1) is 30.1 Å². The van der Waals surface area contributed by atoms with E-state index in [9.17, 15) is 21.6 Å². The molecule has 0 aliphatic carbocycles. The zero-order chi connectivity index (χ0) is 18.9. The summed E-state index contributed by atoms with van der Waals surface area (Å²) in [5.74, 6) is -0.195. The maximum atomic E-state index is 12.9. The molecule has 26 heavy (non-hydrogen) atoms.